The van der Waals surface area contributed by atoms with Gasteiger partial charge in [0.2, 0.25) is 11.8 Å². The molecule has 6 bridgehead atoms. The third-order valence-electron chi connectivity index (χ3n) is 14.3. The van der Waals surface area contributed by atoms with Crippen molar-refractivity contribution in [3.05, 3.63) is 58.2 Å². The van der Waals surface area contributed by atoms with Crippen LogP contribution in [0.4, 0.5) is 4.79 Å². The summed E-state index contributed by atoms with van der Waals surface area (Å²) in [5.74, 6) is -1.23. The van der Waals surface area contributed by atoms with E-state index >= 15 is 0 Å². The molecule has 0 saturated carbocycles. The maximum atomic E-state index is 14.7. The lowest BCUT2D eigenvalue weighted by Crippen LogP contribution is -2.62. The molecular formula is C51H70N10O7S. The quantitative estimate of drug-likeness (QED) is 0.128. The fourth-order valence-electron chi connectivity index (χ4n) is 10.4. The van der Waals surface area contributed by atoms with E-state index in [0.29, 0.717) is 57.0 Å². The van der Waals surface area contributed by atoms with Crippen LogP contribution in [0, 0.1) is 17.3 Å². The molecular weight excluding hydrogens is 897 g/mol. The summed E-state index contributed by atoms with van der Waals surface area (Å²) >= 11 is 1.42. The molecule has 17 nitrogen and oxygen atoms in total. The molecule has 4 aliphatic rings. The number of carbonyl (C=O) groups is 5. The highest BCUT2D eigenvalue weighted by Crippen LogP contribution is 2.42. The van der Waals surface area contributed by atoms with Gasteiger partial charge in [-0.25, -0.2) is 15.2 Å². The van der Waals surface area contributed by atoms with Crippen LogP contribution in [0.1, 0.15) is 89.6 Å². The average Bonchev–Trinajstić information content (AvgIpc) is 4.02. The van der Waals surface area contributed by atoms with E-state index in [4.69, 9.17) is 19.4 Å². The number of methoxy groups -OCH3 is 1. The Bertz CT molecular complexity index is 2550. The van der Waals surface area contributed by atoms with Gasteiger partial charge in [0.15, 0.2) is 0 Å². The monoisotopic (exact) mass is 967 g/mol. The van der Waals surface area contributed by atoms with Crippen LogP contribution in [-0.4, -0.2) is 149 Å². The van der Waals surface area contributed by atoms with Gasteiger partial charge in [0.1, 0.15) is 18.1 Å². The number of hydrogen-bond acceptors (Lipinski definition) is 12. The van der Waals surface area contributed by atoms with Gasteiger partial charge in [-0.05, 0) is 87.6 Å². The number of esters is 1. The summed E-state index contributed by atoms with van der Waals surface area (Å²) < 4.78 is 14.3. The second kappa shape index (κ2) is 20.9. The van der Waals surface area contributed by atoms with E-state index in [-0.39, 0.29) is 48.9 Å². The number of hydrazine groups is 1. The normalized spacial score (nSPS) is 21.9. The van der Waals surface area contributed by atoms with Crippen molar-refractivity contribution in [2.24, 2.45) is 17.3 Å². The summed E-state index contributed by atoms with van der Waals surface area (Å²) in [6.45, 7) is 15.7. The zero-order valence-corrected chi connectivity index (χ0v) is 42.5. The number of thiazole rings is 1. The van der Waals surface area contributed by atoms with Gasteiger partial charge in [-0.1, -0.05) is 33.8 Å². The van der Waals surface area contributed by atoms with Crippen molar-refractivity contribution < 1.29 is 33.4 Å². The number of urea groups is 1. The lowest BCUT2D eigenvalue weighted by molar-refractivity contribution is -0.155. The molecule has 3 fully saturated rings. The van der Waals surface area contributed by atoms with E-state index < -0.39 is 41.3 Å². The number of nitrogens with zero attached hydrogens (tertiary/aromatic N) is 7. The second-order valence-electron chi connectivity index (χ2n) is 20.5. The van der Waals surface area contributed by atoms with Crippen molar-refractivity contribution in [2.45, 2.75) is 117 Å². The van der Waals surface area contributed by atoms with Gasteiger partial charge in [0.25, 0.3) is 5.91 Å². The van der Waals surface area contributed by atoms with Gasteiger partial charge in [-0.3, -0.25) is 29.2 Å². The van der Waals surface area contributed by atoms with Gasteiger partial charge < -0.3 is 39.4 Å². The van der Waals surface area contributed by atoms with Gasteiger partial charge >= 0.3 is 12.0 Å². The zero-order valence-electron chi connectivity index (χ0n) is 41.7. The summed E-state index contributed by atoms with van der Waals surface area (Å²) in [6.07, 6.45) is 4.72. The highest BCUT2D eigenvalue weighted by Gasteiger charge is 2.40. The van der Waals surface area contributed by atoms with Gasteiger partial charge in [0.05, 0.1) is 40.8 Å². The summed E-state index contributed by atoms with van der Waals surface area (Å²) in [5.41, 5.74) is 9.32. The average molecular weight is 967 g/mol. The first kappa shape index (κ1) is 50.0. The maximum Gasteiger partial charge on any atom is 0.324 e. The Morgan fingerprint density at radius 3 is 2.52 bits per heavy atom. The predicted molar refractivity (Wildman–Crippen MR) is 265 cm³/mol. The zero-order chi connectivity index (χ0) is 49.3. The van der Waals surface area contributed by atoms with Crippen molar-refractivity contribution in [1.29, 1.82) is 0 Å². The standard InChI is InChI=1S/C51H70N10O7S/c1-10-60-41-16-15-33-23-35(41)36(45(60)34-13-11-19-52-43(34)31(4)67-9)25-51(5,6)29-68-49(65)37-14-12-20-61(56-37)48(64)38(24-42-54-40(33)28-69-42)55-46(62)44(30(2)3)58(8)50(66)59-21-17-32(18-22-59)27-57(7)47(63)39-26-53-39/h11,13,15-16,19,23,28,30-32,37-39,44,53,56H,10,12,14,17-18,20-22,24-27,29H2,1-9H3,(H,55,62)/t31-,37-,38-,39+,44?/m0/s1. The molecule has 4 aliphatic heterocycles. The number of carbonyl (C=O) groups excluding carboxylic acids is 5. The highest BCUT2D eigenvalue weighted by molar-refractivity contribution is 7.10. The van der Waals surface area contributed by atoms with E-state index in [1.807, 2.05) is 39.3 Å². The lowest BCUT2D eigenvalue weighted by Gasteiger charge is -2.39. The first-order valence-electron chi connectivity index (χ1n) is 24.6. The van der Waals surface area contributed by atoms with Crippen LogP contribution in [0.2, 0.25) is 0 Å². The van der Waals surface area contributed by atoms with Crippen molar-refractivity contribution in [2.75, 3.05) is 60.5 Å². The Balaban J connectivity index is 1.09. The number of amides is 5. The van der Waals surface area contributed by atoms with E-state index in [1.165, 1.54) is 21.2 Å². The molecule has 1 unspecified atom stereocenters. The Morgan fingerprint density at radius 1 is 1.07 bits per heavy atom. The van der Waals surface area contributed by atoms with E-state index in [1.54, 1.807) is 30.2 Å². The van der Waals surface area contributed by atoms with Crippen LogP contribution < -0.4 is 16.1 Å². The number of ether oxygens (including phenoxy) is 2. The third-order valence-corrected chi connectivity index (χ3v) is 15.1. The Labute approximate surface area is 409 Å². The van der Waals surface area contributed by atoms with Gasteiger partial charge in [0, 0.05) is 106 Å². The summed E-state index contributed by atoms with van der Waals surface area (Å²) in [7, 11) is 5.17. The fourth-order valence-corrected chi connectivity index (χ4v) is 11.2. The molecule has 3 saturated heterocycles. The van der Waals surface area contributed by atoms with Crippen LogP contribution in [0.5, 0.6) is 0 Å². The highest BCUT2D eigenvalue weighted by atomic mass is 32.1. The Hall–Kier alpha value is -5.43. The minimum absolute atomic E-state index is 0.0796. The minimum Gasteiger partial charge on any atom is -0.464 e. The van der Waals surface area contributed by atoms with E-state index in [0.717, 1.165) is 64.1 Å². The lowest BCUT2D eigenvalue weighted by atomic mass is 9.84. The van der Waals surface area contributed by atoms with Gasteiger partial charge in [-0.15, -0.1) is 11.3 Å². The molecule has 3 N–H and O–H groups in total. The van der Waals surface area contributed by atoms with E-state index in [9.17, 15) is 24.0 Å². The van der Waals surface area contributed by atoms with Crippen molar-refractivity contribution in [3.8, 4) is 22.5 Å². The third kappa shape index (κ3) is 10.8. The number of fused-ring (bicyclic) bond motifs is 6. The number of hydrogen-bond donors (Lipinski definition) is 3. The molecule has 7 heterocycles. The minimum atomic E-state index is -1.07. The molecule has 69 heavy (non-hydrogen) atoms. The molecule has 0 aliphatic carbocycles. The molecule has 0 spiro atoms. The van der Waals surface area contributed by atoms with Crippen LogP contribution in [0.15, 0.2) is 41.9 Å². The maximum absolute atomic E-state index is 14.7. The number of rotatable bonds is 11. The van der Waals surface area contributed by atoms with E-state index in [2.05, 4.69) is 65.7 Å². The molecule has 372 valence electrons. The number of cyclic esters (lactones) is 1. The largest absolute Gasteiger partial charge is 0.464 e. The SMILES string of the molecule is CCn1c(-c2cccnc2[C@H](C)OC)c2c3cc(ccc31)-c1csc(n1)C[C@H](NC(=O)C(C(C)C)N(C)C(=O)N1CCC(CN(C)C(=O)[C@H]3CN3)CC1)C(=O)N1CCC[C@H](N1)C(=O)OCC(C)(C)C2. The fraction of sp³-hybridized carbons (Fsp3) is 0.588. The van der Waals surface area contributed by atoms with Crippen molar-refractivity contribution in [3.63, 3.8) is 0 Å². The Morgan fingerprint density at radius 2 is 1.83 bits per heavy atom. The van der Waals surface area contributed by atoms with Crippen molar-refractivity contribution >= 4 is 52.0 Å². The number of piperidine rings is 1. The smallest absolute Gasteiger partial charge is 0.324 e. The van der Waals surface area contributed by atoms with Crippen LogP contribution >= 0.6 is 11.3 Å². The number of benzene rings is 1. The molecule has 18 heteroatoms. The summed E-state index contributed by atoms with van der Waals surface area (Å²) in [4.78, 5) is 84.8. The molecule has 5 amide bonds. The number of pyridine rings is 1. The molecule has 1 aromatic carbocycles. The topological polar surface area (TPSA) is 193 Å². The number of aromatic nitrogens is 3. The van der Waals surface area contributed by atoms with Crippen LogP contribution in [-0.2, 0) is 48.0 Å². The predicted octanol–water partition coefficient (Wildman–Crippen LogP) is 5.42. The number of aryl methyl sites for hydroxylation is 1. The first-order valence-corrected chi connectivity index (χ1v) is 25.5. The Kier molecular flexibility index (Phi) is 15.1. The molecule has 3 aromatic heterocycles. The van der Waals surface area contributed by atoms with Gasteiger partial charge in [-0.2, -0.15) is 0 Å². The molecule has 5 atom stereocenters. The molecule has 4 aromatic rings. The number of likely N-dealkylation sites (N-methyl/N-ethyl adjacent to an activating group) is 2. The number of likely N-dealkylation sites (tertiary alicyclic amines) is 1. The molecule has 8 rings (SSSR count). The summed E-state index contributed by atoms with van der Waals surface area (Å²) in [6, 6.07) is 7.36. The second-order valence-corrected chi connectivity index (χ2v) is 21.4. The van der Waals surface area contributed by atoms with Crippen molar-refractivity contribution in [1.82, 2.24) is 50.3 Å². The molecule has 0 radical (unpaired) electrons. The van der Waals surface area contributed by atoms with Crippen LogP contribution in [0.25, 0.3) is 33.4 Å². The first-order chi connectivity index (χ1) is 33.0. The van der Waals surface area contributed by atoms with Crippen LogP contribution in [0.3, 0.4) is 0 Å². The summed E-state index contributed by atoms with van der Waals surface area (Å²) in [5, 5.41) is 11.3. The number of nitrogens with one attached hydrogen (secondary N) is 3.